The minimum atomic E-state index is -0.640. The average molecular weight is 399 g/mol. The number of halogens is 3. The lowest BCUT2D eigenvalue weighted by Crippen LogP contribution is -2.38. The lowest BCUT2D eigenvalue weighted by Gasteiger charge is -2.19. The standard InChI is InChI=1S/C19H20F2N2OS.ClH/c20-14-8-9-16(21)17(11-14)25-18(13-5-2-1-3-6-13)19(24)23-12-15-7-4-10-22-15;/h1-3,5-6,8-9,11,15,18,22H,4,7,10,12H2,(H,23,24);1H. The van der Waals surface area contributed by atoms with Crippen LogP contribution in [0.5, 0.6) is 0 Å². The monoisotopic (exact) mass is 398 g/mol. The molecule has 140 valence electrons. The van der Waals surface area contributed by atoms with Crippen LogP contribution >= 0.6 is 24.2 Å². The fraction of sp³-hybridized carbons (Fsp3) is 0.316. The van der Waals surface area contributed by atoms with Crippen molar-refractivity contribution in [2.45, 2.75) is 29.0 Å². The van der Waals surface area contributed by atoms with E-state index in [2.05, 4.69) is 10.6 Å². The van der Waals surface area contributed by atoms with E-state index >= 15 is 0 Å². The van der Waals surface area contributed by atoms with Crippen molar-refractivity contribution in [2.75, 3.05) is 13.1 Å². The second kappa shape index (κ2) is 9.90. The van der Waals surface area contributed by atoms with E-state index < -0.39 is 16.9 Å². The molecular weight excluding hydrogens is 378 g/mol. The van der Waals surface area contributed by atoms with Crippen molar-refractivity contribution in [1.29, 1.82) is 0 Å². The Morgan fingerprint density at radius 3 is 2.69 bits per heavy atom. The van der Waals surface area contributed by atoms with Crippen LogP contribution in [0, 0.1) is 11.6 Å². The highest BCUT2D eigenvalue weighted by Crippen LogP contribution is 2.37. The van der Waals surface area contributed by atoms with E-state index in [0.717, 1.165) is 54.9 Å². The van der Waals surface area contributed by atoms with Gasteiger partial charge in [0.2, 0.25) is 5.91 Å². The van der Waals surface area contributed by atoms with Gasteiger partial charge in [-0.25, -0.2) is 8.78 Å². The zero-order valence-electron chi connectivity index (χ0n) is 14.1. The SMILES string of the molecule is Cl.O=C(NCC1CCCN1)C(Sc1cc(F)ccc1F)c1ccccc1. The Morgan fingerprint density at radius 1 is 1.23 bits per heavy atom. The van der Waals surface area contributed by atoms with Crippen LogP contribution in [0.3, 0.4) is 0 Å². The van der Waals surface area contributed by atoms with E-state index in [0.29, 0.717) is 6.54 Å². The van der Waals surface area contributed by atoms with E-state index in [4.69, 9.17) is 0 Å². The van der Waals surface area contributed by atoms with Crippen LogP contribution in [0.1, 0.15) is 23.7 Å². The molecule has 1 saturated heterocycles. The fourth-order valence-electron chi connectivity index (χ4n) is 2.84. The quantitative estimate of drug-likeness (QED) is 0.720. The highest BCUT2D eigenvalue weighted by molar-refractivity contribution is 8.00. The molecule has 7 heteroatoms. The largest absolute Gasteiger partial charge is 0.353 e. The van der Waals surface area contributed by atoms with Gasteiger partial charge in [0.05, 0.1) is 0 Å². The van der Waals surface area contributed by atoms with Crippen molar-refractivity contribution in [3.8, 4) is 0 Å². The lowest BCUT2D eigenvalue weighted by molar-refractivity contribution is -0.120. The molecule has 1 heterocycles. The molecule has 1 amide bonds. The molecule has 2 aromatic rings. The molecular formula is C19H21ClF2N2OS. The molecule has 2 N–H and O–H groups in total. The number of carbonyl (C=O) groups excluding carboxylic acids is 1. The van der Waals surface area contributed by atoms with Gasteiger partial charge in [-0.3, -0.25) is 4.79 Å². The Kier molecular flexibility index (Phi) is 7.87. The highest BCUT2D eigenvalue weighted by atomic mass is 35.5. The van der Waals surface area contributed by atoms with Gasteiger partial charge in [-0.05, 0) is 43.1 Å². The minimum Gasteiger partial charge on any atom is -0.353 e. The third kappa shape index (κ3) is 5.43. The summed E-state index contributed by atoms with van der Waals surface area (Å²) < 4.78 is 27.5. The van der Waals surface area contributed by atoms with Crippen molar-refractivity contribution < 1.29 is 13.6 Å². The second-order valence-corrected chi connectivity index (χ2v) is 7.17. The number of benzene rings is 2. The summed E-state index contributed by atoms with van der Waals surface area (Å²) in [5.41, 5.74) is 0.757. The summed E-state index contributed by atoms with van der Waals surface area (Å²) in [6, 6.07) is 12.7. The van der Waals surface area contributed by atoms with Crippen LogP contribution in [-0.4, -0.2) is 25.0 Å². The van der Waals surface area contributed by atoms with Gasteiger partial charge in [-0.1, -0.05) is 30.3 Å². The topological polar surface area (TPSA) is 41.1 Å². The number of carbonyl (C=O) groups is 1. The first-order chi connectivity index (χ1) is 12.1. The van der Waals surface area contributed by atoms with E-state index in [9.17, 15) is 13.6 Å². The Labute approximate surface area is 162 Å². The number of rotatable bonds is 6. The maximum atomic E-state index is 14.0. The maximum Gasteiger partial charge on any atom is 0.238 e. The summed E-state index contributed by atoms with van der Waals surface area (Å²) in [6.07, 6.45) is 2.13. The summed E-state index contributed by atoms with van der Waals surface area (Å²) in [4.78, 5) is 12.9. The molecule has 1 aliphatic rings. The van der Waals surface area contributed by atoms with Crippen LogP contribution in [0.15, 0.2) is 53.4 Å². The average Bonchev–Trinajstić information content (AvgIpc) is 3.14. The normalized spacial score (nSPS) is 17.4. The summed E-state index contributed by atoms with van der Waals surface area (Å²) in [7, 11) is 0. The van der Waals surface area contributed by atoms with E-state index in [1.807, 2.05) is 30.3 Å². The molecule has 0 saturated carbocycles. The molecule has 3 nitrogen and oxygen atoms in total. The zero-order chi connectivity index (χ0) is 17.6. The Morgan fingerprint density at radius 2 is 2.00 bits per heavy atom. The van der Waals surface area contributed by atoms with Gasteiger partial charge in [0.15, 0.2) is 0 Å². The highest BCUT2D eigenvalue weighted by Gasteiger charge is 2.24. The Bertz CT molecular complexity index is 727. The van der Waals surface area contributed by atoms with Gasteiger partial charge < -0.3 is 10.6 Å². The summed E-state index contributed by atoms with van der Waals surface area (Å²) >= 11 is 1.03. The van der Waals surface area contributed by atoms with Crippen LogP contribution in [0.25, 0.3) is 0 Å². The molecule has 0 bridgehead atoms. The Hall–Kier alpha value is -1.63. The summed E-state index contributed by atoms with van der Waals surface area (Å²) in [5, 5.41) is 5.62. The van der Waals surface area contributed by atoms with Crippen molar-refractivity contribution in [3.63, 3.8) is 0 Å². The molecule has 0 aromatic heterocycles. The third-order valence-electron chi connectivity index (χ3n) is 4.16. The minimum absolute atomic E-state index is 0. The predicted molar refractivity (Wildman–Crippen MR) is 103 cm³/mol. The molecule has 0 aliphatic carbocycles. The van der Waals surface area contributed by atoms with Crippen LogP contribution in [-0.2, 0) is 4.79 Å². The molecule has 0 spiro atoms. The molecule has 2 atom stereocenters. The smallest absolute Gasteiger partial charge is 0.238 e. The van der Waals surface area contributed by atoms with Crippen LogP contribution < -0.4 is 10.6 Å². The summed E-state index contributed by atoms with van der Waals surface area (Å²) in [6.45, 7) is 1.50. The predicted octanol–water partition coefficient (Wildman–Crippen LogP) is 4.09. The number of thioether (sulfide) groups is 1. The van der Waals surface area contributed by atoms with E-state index in [1.54, 1.807) is 0 Å². The maximum absolute atomic E-state index is 14.0. The first-order valence-corrected chi connectivity index (χ1v) is 9.19. The number of hydrogen-bond donors (Lipinski definition) is 2. The molecule has 3 rings (SSSR count). The number of hydrogen-bond acceptors (Lipinski definition) is 3. The van der Waals surface area contributed by atoms with Gasteiger partial charge >= 0.3 is 0 Å². The first-order valence-electron chi connectivity index (χ1n) is 8.31. The van der Waals surface area contributed by atoms with Crippen molar-refractivity contribution in [1.82, 2.24) is 10.6 Å². The molecule has 2 unspecified atom stereocenters. The first kappa shape index (κ1) is 20.7. The van der Waals surface area contributed by atoms with Crippen LogP contribution in [0.2, 0.25) is 0 Å². The van der Waals surface area contributed by atoms with Gasteiger partial charge in [-0.15, -0.1) is 24.2 Å². The Balaban J connectivity index is 0.00000243. The zero-order valence-corrected chi connectivity index (χ0v) is 15.7. The number of amides is 1. The van der Waals surface area contributed by atoms with Crippen molar-refractivity contribution >= 4 is 30.1 Å². The van der Waals surface area contributed by atoms with Crippen molar-refractivity contribution in [2.24, 2.45) is 0 Å². The summed E-state index contributed by atoms with van der Waals surface area (Å²) in [5.74, 6) is -1.25. The molecule has 1 fully saturated rings. The fourth-order valence-corrected chi connectivity index (χ4v) is 3.94. The van der Waals surface area contributed by atoms with E-state index in [1.165, 1.54) is 0 Å². The lowest BCUT2D eigenvalue weighted by atomic mass is 10.1. The number of nitrogens with one attached hydrogen (secondary N) is 2. The molecule has 2 aromatic carbocycles. The van der Waals surface area contributed by atoms with Gasteiger partial charge in [-0.2, -0.15) is 0 Å². The van der Waals surface area contributed by atoms with E-state index in [-0.39, 0.29) is 29.3 Å². The third-order valence-corrected chi connectivity index (χ3v) is 5.45. The van der Waals surface area contributed by atoms with Gasteiger partial charge in [0.25, 0.3) is 0 Å². The van der Waals surface area contributed by atoms with Crippen LogP contribution in [0.4, 0.5) is 8.78 Å². The second-order valence-electron chi connectivity index (χ2n) is 6.02. The molecule has 0 radical (unpaired) electrons. The molecule has 1 aliphatic heterocycles. The van der Waals surface area contributed by atoms with Gasteiger partial charge in [0.1, 0.15) is 16.9 Å². The van der Waals surface area contributed by atoms with Gasteiger partial charge in [0, 0.05) is 17.5 Å². The molecule has 26 heavy (non-hydrogen) atoms. The van der Waals surface area contributed by atoms with Crippen molar-refractivity contribution in [3.05, 3.63) is 65.7 Å².